The van der Waals surface area contributed by atoms with Crippen molar-refractivity contribution in [2.24, 2.45) is 11.8 Å². The third kappa shape index (κ3) is 5.13. The van der Waals surface area contributed by atoms with Crippen molar-refractivity contribution in [3.8, 4) is 0 Å². The van der Waals surface area contributed by atoms with Gasteiger partial charge in [0.15, 0.2) is 5.78 Å². The predicted octanol–water partition coefficient (Wildman–Crippen LogP) is 3.57. The van der Waals surface area contributed by atoms with Gasteiger partial charge in [-0.1, -0.05) is 13.8 Å². The zero-order valence-corrected chi connectivity index (χ0v) is 25.7. The van der Waals surface area contributed by atoms with Crippen molar-refractivity contribution in [3.05, 3.63) is 37.2 Å². The van der Waals surface area contributed by atoms with Crippen LogP contribution in [-0.2, 0) is 4.79 Å². The molecule has 4 aromatic heterocycles. The lowest BCUT2D eigenvalue weighted by Gasteiger charge is -2.46. The number of hydrogen-bond acceptors (Lipinski definition) is 9. The van der Waals surface area contributed by atoms with Gasteiger partial charge < -0.3 is 19.8 Å². The first-order valence-electron chi connectivity index (χ1n) is 15.3. The van der Waals surface area contributed by atoms with Crippen molar-refractivity contribution >= 4 is 39.5 Å². The van der Waals surface area contributed by atoms with Crippen molar-refractivity contribution in [2.45, 2.75) is 64.7 Å². The number of fused-ring (bicyclic) bond motifs is 2. The molecule has 42 heavy (non-hydrogen) atoms. The summed E-state index contributed by atoms with van der Waals surface area (Å²) in [5.41, 5.74) is 1.70. The van der Waals surface area contributed by atoms with Crippen molar-refractivity contribution in [3.63, 3.8) is 0 Å². The van der Waals surface area contributed by atoms with Crippen LogP contribution in [-0.4, -0.2) is 110 Å². The number of nitrogens with one attached hydrogen (secondary N) is 2. The van der Waals surface area contributed by atoms with Crippen LogP contribution in [0.1, 0.15) is 40.5 Å². The average Bonchev–Trinajstić information content (AvgIpc) is 3.69. The largest absolute Gasteiger partial charge is 0.354 e. The summed E-state index contributed by atoms with van der Waals surface area (Å²) in [7, 11) is 4.25. The van der Waals surface area contributed by atoms with Crippen LogP contribution in [0.3, 0.4) is 0 Å². The summed E-state index contributed by atoms with van der Waals surface area (Å²) >= 11 is 0. The molecule has 0 spiro atoms. The van der Waals surface area contributed by atoms with E-state index >= 15 is 0 Å². The van der Waals surface area contributed by atoms with E-state index in [-0.39, 0.29) is 24.2 Å². The van der Waals surface area contributed by atoms with Gasteiger partial charge in [-0.15, -0.1) is 0 Å². The monoisotopic (exact) mass is 572 g/mol. The molecule has 0 bridgehead atoms. The summed E-state index contributed by atoms with van der Waals surface area (Å²) in [6, 6.07) is 4.27. The Balaban J connectivity index is 1.14. The van der Waals surface area contributed by atoms with E-state index in [0.29, 0.717) is 17.6 Å². The van der Waals surface area contributed by atoms with Crippen LogP contribution in [0.25, 0.3) is 22.1 Å². The second-order valence-electron chi connectivity index (χ2n) is 12.5. The molecule has 6 atom stereocenters. The van der Waals surface area contributed by atoms with Crippen molar-refractivity contribution in [1.82, 2.24) is 39.7 Å². The van der Waals surface area contributed by atoms with Crippen LogP contribution < -0.4 is 9.80 Å². The second kappa shape index (κ2) is 11.6. The maximum Gasteiger partial charge on any atom is 0.166 e. The number of anilines is 2. The zero-order valence-electron chi connectivity index (χ0n) is 25.7. The molecule has 11 nitrogen and oxygen atoms in total. The standard InChI is InChI=1S/C31H44N10O/c1-19-9-13-40(15-25(19)38(5)30-23-7-11-32-28(23)34-17-36-30)21(3)27(42)22(4)41-14-10-20(2)26(16-41)39(6)31-24-8-12-33-29(24)35-18-37-31/h7-8,11-12,17-22,25-26H,9-10,13-16H2,1-6H3,(H,32,34,36)(H,33,35,37). The molecule has 0 aliphatic carbocycles. The number of likely N-dealkylation sites (tertiary alicyclic amines) is 2. The molecule has 11 heteroatoms. The topological polar surface area (TPSA) is 113 Å². The van der Waals surface area contributed by atoms with Crippen LogP contribution >= 0.6 is 0 Å². The average molecular weight is 573 g/mol. The molecule has 2 N–H and O–H groups in total. The number of hydrogen-bond donors (Lipinski definition) is 2. The highest BCUT2D eigenvalue weighted by Gasteiger charge is 2.39. The molecule has 6 unspecified atom stereocenters. The Labute approximate surface area is 247 Å². The third-order valence-corrected chi connectivity index (χ3v) is 10.1. The number of piperidine rings is 2. The van der Waals surface area contributed by atoms with E-state index in [9.17, 15) is 4.79 Å². The number of rotatable bonds is 8. The molecule has 2 aliphatic heterocycles. The Morgan fingerprint density at radius 2 is 1.21 bits per heavy atom. The molecule has 4 aromatic rings. The van der Waals surface area contributed by atoms with Crippen LogP contribution in [0.15, 0.2) is 37.2 Å². The number of aromatic nitrogens is 6. The molecule has 0 amide bonds. The second-order valence-corrected chi connectivity index (χ2v) is 12.5. The first-order valence-corrected chi connectivity index (χ1v) is 15.3. The van der Waals surface area contributed by atoms with Crippen LogP contribution in [0.5, 0.6) is 0 Å². The molecule has 6 rings (SSSR count). The number of nitrogens with zero attached hydrogens (tertiary/aromatic N) is 8. The van der Waals surface area contributed by atoms with E-state index in [1.807, 2.05) is 24.5 Å². The van der Waals surface area contributed by atoms with Gasteiger partial charge in [-0.2, -0.15) is 0 Å². The molecular weight excluding hydrogens is 528 g/mol. The van der Waals surface area contributed by atoms with E-state index in [1.165, 1.54) is 0 Å². The summed E-state index contributed by atoms with van der Waals surface area (Å²) in [6.07, 6.45) is 9.16. The summed E-state index contributed by atoms with van der Waals surface area (Å²) in [4.78, 5) is 47.7. The Hall–Kier alpha value is -3.57. The lowest BCUT2D eigenvalue weighted by molar-refractivity contribution is -0.130. The van der Waals surface area contributed by atoms with Gasteiger partial charge in [0.05, 0.1) is 22.9 Å². The molecule has 224 valence electrons. The van der Waals surface area contributed by atoms with Crippen LogP contribution in [0, 0.1) is 11.8 Å². The van der Waals surface area contributed by atoms with E-state index in [2.05, 4.69) is 91.3 Å². The number of ketones is 1. The molecule has 2 saturated heterocycles. The Morgan fingerprint density at radius 3 is 1.64 bits per heavy atom. The highest BCUT2D eigenvalue weighted by Crippen LogP contribution is 2.32. The smallest absolute Gasteiger partial charge is 0.166 e. The van der Waals surface area contributed by atoms with E-state index < -0.39 is 0 Å². The van der Waals surface area contributed by atoms with E-state index in [1.54, 1.807) is 12.7 Å². The minimum absolute atomic E-state index is 0.155. The van der Waals surface area contributed by atoms with E-state index in [0.717, 1.165) is 72.7 Å². The van der Waals surface area contributed by atoms with Crippen LogP contribution in [0.4, 0.5) is 11.6 Å². The molecule has 6 heterocycles. The number of Topliss-reactive ketones (excluding diaryl/α,β-unsaturated/α-hetero) is 1. The van der Waals surface area contributed by atoms with Crippen molar-refractivity contribution in [1.29, 1.82) is 0 Å². The minimum Gasteiger partial charge on any atom is -0.354 e. The number of likely N-dealkylation sites (N-methyl/N-ethyl adjacent to an activating group) is 2. The van der Waals surface area contributed by atoms with Crippen LogP contribution in [0.2, 0.25) is 0 Å². The Morgan fingerprint density at radius 1 is 0.786 bits per heavy atom. The number of H-pyrrole nitrogens is 2. The number of carbonyl (C=O) groups is 1. The minimum atomic E-state index is -0.155. The Kier molecular flexibility index (Phi) is 7.89. The lowest BCUT2D eigenvalue weighted by Crippen LogP contribution is -2.59. The van der Waals surface area contributed by atoms with Crippen molar-refractivity contribution in [2.75, 3.05) is 50.1 Å². The fourth-order valence-electron chi connectivity index (χ4n) is 7.16. The highest BCUT2D eigenvalue weighted by molar-refractivity contribution is 5.89. The predicted molar refractivity (Wildman–Crippen MR) is 167 cm³/mol. The molecule has 0 radical (unpaired) electrons. The normalized spacial score (nSPS) is 25.5. The maximum atomic E-state index is 14.0. The van der Waals surface area contributed by atoms with Gasteiger partial charge in [0.25, 0.3) is 0 Å². The summed E-state index contributed by atoms with van der Waals surface area (Å²) in [6.45, 7) is 12.3. The fraction of sp³-hybridized carbons (Fsp3) is 0.581. The van der Waals surface area contributed by atoms with E-state index in [4.69, 9.17) is 0 Å². The SMILES string of the molecule is CC1CCN(C(C)C(=O)C(C)N2CCC(C)C(N(C)c3ncnc4[nH]ccc34)C2)CC1N(C)c1ncnc2[nH]ccc12. The first-order chi connectivity index (χ1) is 20.2. The summed E-state index contributed by atoms with van der Waals surface area (Å²) in [5, 5.41) is 2.06. The van der Waals surface area contributed by atoms with Crippen molar-refractivity contribution < 1.29 is 4.79 Å². The van der Waals surface area contributed by atoms with Gasteiger partial charge in [0.1, 0.15) is 35.6 Å². The maximum absolute atomic E-state index is 14.0. The van der Waals surface area contributed by atoms with Gasteiger partial charge >= 0.3 is 0 Å². The quantitative estimate of drug-likeness (QED) is 0.327. The zero-order chi connectivity index (χ0) is 29.5. The number of aromatic amines is 2. The number of carbonyl (C=O) groups excluding carboxylic acids is 1. The molecule has 2 fully saturated rings. The van der Waals surface area contributed by atoms with Gasteiger partial charge in [0.2, 0.25) is 0 Å². The Bertz CT molecular complexity index is 1420. The van der Waals surface area contributed by atoms with Gasteiger partial charge in [-0.05, 0) is 63.7 Å². The molecule has 0 aromatic carbocycles. The molecule has 0 saturated carbocycles. The fourth-order valence-corrected chi connectivity index (χ4v) is 7.16. The van der Waals surface area contributed by atoms with Gasteiger partial charge in [0, 0.05) is 51.7 Å². The summed E-state index contributed by atoms with van der Waals surface area (Å²) < 4.78 is 0. The van der Waals surface area contributed by atoms with Gasteiger partial charge in [-0.25, -0.2) is 19.9 Å². The van der Waals surface area contributed by atoms with Gasteiger partial charge in [-0.3, -0.25) is 14.6 Å². The lowest BCUT2D eigenvalue weighted by atomic mass is 9.89. The summed E-state index contributed by atoms with van der Waals surface area (Å²) in [5.74, 6) is 3.15. The first kappa shape index (κ1) is 28.5. The molecular formula is C31H44N10O. The molecule has 2 aliphatic rings. The third-order valence-electron chi connectivity index (χ3n) is 10.1. The highest BCUT2D eigenvalue weighted by atomic mass is 16.1.